The Hall–Kier alpha value is -1.08. The van der Waals surface area contributed by atoms with Crippen molar-refractivity contribution in [3.8, 4) is 0 Å². The van der Waals surface area contributed by atoms with E-state index >= 15 is 0 Å². The van der Waals surface area contributed by atoms with E-state index in [9.17, 15) is 14.4 Å². The van der Waals surface area contributed by atoms with Crippen LogP contribution in [0.1, 0.15) is 45.4 Å². The van der Waals surface area contributed by atoms with Crippen molar-refractivity contribution in [2.45, 2.75) is 50.7 Å². The molecule has 0 radical (unpaired) electrons. The van der Waals surface area contributed by atoms with E-state index in [4.69, 9.17) is 5.84 Å². The highest BCUT2D eigenvalue weighted by Crippen LogP contribution is 2.25. The molecule has 0 saturated carbocycles. The second kappa shape index (κ2) is 8.97. The highest BCUT2D eigenvalue weighted by atomic mass is 32.2. The van der Waals surface area contributed by atoms with Gasteiger partial charge in [0.25, 0.3) is 0 Å². The van der Waals surface area contributed by atoms with Gasteiger partial charge in [-0.2, -0.15) is 0 Å². The van der Waals surface area contributed by atoms with Gasteiger partial charge in [0.15, 0.2) is 0 Å². The summed E-state index contributed by atoms with van der Waals surface area (Å²) >= 11 is 1.57. The molecule has 0 aromatic carbocycles. The molecule has 1 saturated heterocycles. The van der Waals surface area contributed by atoms with E-state index < -0.39 is 0 Å². The van der Waals surface area contributed by atoms with Crippen LogP contribution in [0.5, 0.6) is 0 Å². The molecule has 0 spiro atoms. The Morgan fingerprint density at radius 2 is 2.15 bits per heavy atom. The zero-order valence-electron chi connectivity index (χ0n) is 11.9. The van der Waals surface area contributed by atoms with Gasteiger partial charge in [-0.25, -0.2) is 5.84 Å². The molecule has 1 heterocycles. The minimum absolute atomic E-state index is 0.0480. The standard InChI is InChI=1S/C13H23N3O3S/c1-2-8-20-10-9-12(18)16(13(10)19)7-5-3-4-6-11(17)15-14/h10H,2-9,14H2,1H3,(H,15,17). The minimum atomic E-state index is -0.189. The van der Waals surface area contributed by atoms with Gasteiger partial charge in [-0.3, -0.25) is 24.7 Å². The summed E-state index contributed by atoms with van der Waals surface area (Å²) in [6, 6.07) is 0. The number of nitrogens with two attached hydrogens (primary N) is 1. The molecule has 0 aromatic heterocycles. The fourth-order valence-electron chi connectivity index (χ4n) is 2.08. The largest absolute Gasteiger partial charge is 0.294 e. The summed E-state index contributed by atoms with van der Waals surface area (Å²) in [7, 11) is 0. The summed E-state index contributed by atoms with van der Waals surface area (Å²) in [6.07, 6.45) is 3.98. The number of thioether (sulfide) groups is 1. The van der Waals surface area contributed by atoms with Gasteiger partial charge < -0.3 is 0 Å². The van der Waals surface area contributed by atoms with Crippen molar-refractivity contribution >= 4 is 29.5 Å². The number of hydrogen-bond donors (Lipinski definition) is 2. The van der Waals surface area contributed by atoms with E-state index in [0.29, 0.717) is 25.8 Å². The fraction of sp³-hybridized carbons (Fsp3) is 0.769. The number of rotatable bonds is 9. The molecular formula is C13H23N3O3S. The summed E-state index contributed by atoms with van der Waals surface area (Å²) in [5.74, 6) is 5.59. The number of amides is 3. The van der Waals surface area contributed by atoms with Gasteiger partial charge in [-0.15, -0.1) is 11.8 Å². The topological polar surface area (TPSA) is 92.5 Å². The summed E-state index contributed by atoms with van der Waals surface area (Å²) < 4.78 is 0. The normalized spacial score (nSPS) is 18.7. The molecule has 0 aliphatic carbocycles. The van der Waals surface area contributed by atoms with Crippen LogP contribution < -0.4 is 11.3 Å². The number of carbonyl (C=O) groups is 3. The molecule has 0 bridgehead atoms. The number of nitrogens with one attached hydrogen (secondary N) is 1. The molecule has 20 heavy (non-hydrogen) atoms. The smallest absolute Gasteiger partial charge is 0.242 e. The maximum absolute atomic E-state index is 12.0. The van der Waals surface area contributed by atoms with Gasteiger partial charge in [0, 0.05) is 19.4 Å². The SMILES string of the molecule is CCCSC1CC(=O)N(CCCCCC(=O)NN)C1=O. The van der Waals surface area contributed by atoms with E-state index in [1.54, 1.807) is 11.8 Å². The van der Waals surface area contributed by atoms with Crippen molar-refractivity contribution in [2.75, 3.05) is 12.3 Å². The molecule has 3 N–H and O–H groups in total. The van der Waals surface area contributed by atoms with E-state index in [0.717, 1.165) is 25.0 Å². The monoisotopic (exact) mass is 301 g/mol. The van der Waals surface area contributed by atoms with Crippen LogP contribution in [0.25, 0.3) is 0 Å². The second-order valence-corrected chi connectivity index (χ2v) is 6.14. The van der Waals surface area contributed by atoms with Crippen molar-refractivity contribution in [1.29, 1.82) is 0 Å². The van der Waals surface area contributed by atoms with Crippen LogP contribution in [0.3, 0.4) is 0 Å². The zero-order chi connectivity index (χ0) is 15.0. The Labute approximate surface area is 123 Å². The van der Waals surface area contributed by atoms with E-state index in [-0.39, 0.29) is 23.0 Å². The highest BCUT2D eigenvalue weighted by molar-refractivity contribution is 8.00. The Morgan fingerprint density at radius 3 is 2.80 bits per heavy atom. The van der Waals surface area contributed by atoms with Gasteiger partial charge >= 0.3 is 0 Å². The Morgan fingerprint density at radius 1 is 1.40 bits per heavy atom. The molecule has 1 aliphatic heterocycles. The number of nitrogens with zero attached hydrogens (tertiary/aromatic N) is 1. The van der Waals surface area contributed by atoms with E-state index in [2.05, 4.69) is 12.3 Å². The third-order valence-electron chi connectivity index (χ3n) is 3.17. The highest BCUT2D eigenvalue weighted by Gasteiger charge is 2.37. The molecule has 114 valence electrons. The van der Waals surface area contributed by atoms with Crippen LogP contribution in [-0.2, 0) is 14.4 Å². The lowest BCUT2D eigenvalue weighted by atomic mass is 10.2. The average molecular weight is 301 g/mol. The number of likely N-dealkylation sites (tertiary alicyclic amines) is 1. The molecule has 1 atom stereocenters. The maximum Gasteiger partial charge on any atom is 0.242 e. The van der Waals surface area contributed by atoms with Crippen LogP contribution in [0, 0.1) is 0 Å². The summed E-state index contributed by atoms with van der Waals surface area (Å²) in [5.41, 5.74) is 2.08. The first-order chi connectivity index (χ1) is 9.60. The molecule has 0 aromatic rings. The van der Waals surface area contributed by atoms with E-state index in [1.807, 2.05) is 0 Å². The lowest BCUT2D eigenvalue weighted by Crippen LogP contribution is -2.32. The third-order valence-corrected chi connectivity index (χ3v) is 4.59. The van der Waals surface area contributed by atoms with Crippen LogP contribution in [0.15, 0.2) is 0 Å². The van der Waals surface area contributed by atoms with Crippen LogP contribution >= 0.6 is 11.8 Å². The molecule has 1 aliphatic rings. The van der Waals surface area contributed by atoms with Crippen molar-refractivity contribution in [2.24, 2.45) is 5.84 Å². The summed E-state index contributed by atoms with van der Waals surface area (Å²) in [6.45, 7) is 2.52. The number of hydrazine groups is 1. The van der Waals surface area contributed by atoms with Crippen molar-refractivity contribution in [1.82, 2.24) is 10.3 Å². The lowest BCUT2D eigenvalue weighted by Gasteiger charge is -2.14. The molecule has 1 rings (SSSR count). The van der Waals surface area contributed by atoms with E-state index in [1.165, 1.54) is 4.90 Å². The first kappa shape index (κ1) is 17.0. The molecule has 3 amide bonds. The van der Waals surface area contributed by atoms with Gasteiger partial charge in [0.1, 0.15) is 0 Å². The quantitative estimate of drug-likeness (QED) is 0.216. The van der Waals surface area contributed by atoms with Crippen LogP contribution in [0.4, 0.5) is 0 Å². The van der Waals surface area contributed by atoms with Gasteiger partial charge in [0.2, 0.25) is 17.7 Å². The predicted octanol–water partition coefficient (Wildman–Crippen LogP) is 0.807. The Balaban J connectivity index is 2.24. The third kappa shape index (κ3) is 5.13. The van der Waals surface area contributed by atoms with Crippen molar-refractivity contribution in [3.05, 3.63) is 0 Å². The number of unbranched alkanes of at least 4 members (excludes halogenated alkanes) is 2. The Kier molecular flexibility index (Phi) is 7.61. The maximum atomic E-state index is 12.0. The summed E-state index contributed by atoms with van der Waals surface area (Å²) in [5, 5.41) is -0.189. The molecule has 1 unspecified atom stereocenters. The Bertz CT molecular complexity index is 363. The van der Waals surface area contributed by atoms with Crippen LogP contribution in [0.2, 0.25) is 0 Å². The van der Waals surface area contributed by atoms with Gasteiger partial charge in [-0.05, 0) is 25.0 Å². The fourth-order valence-corrected chi connectivity index (χ4v) is 3.13. The molecule has 1 fully saturated rings. The zero-order valence-corrected chi connectivity index (χ0v) is 12.7. The number of imide groups is 1. The minimum Gasteiger partial charge on any atom is -0.294 e. The first-order valence-corrected chi connectivity index (χ1v) is 8.10. The predicted molar refractivity (Wildman–Crippen MR) is 78.7 cm³/mol. The number of carbonyl (C=O) groups excluding carboxylic acids is 3. The number of hydrogen-bond acceptors (Lipinski definition) is 5. The van der Waals surface area contributed by atoms with Gasteiger partial charge in [0.05, 0.1) is 5.25 Å². The lowest BCUT2D eigenvalue weighted by molar-refractivity contribution is -0.138. The molecule has 7 heteroatoms. The second-order valence-electron chi connectivity index (χ2n) is 4.83. The van der Waals surface area contributed by atoms with Gasteiger partial charge in [-0.1, -0.05) is 13.3 Å². The average Bonchev–Trinajstić information content (AvgIpc) is 2.71. The van der Waals surface area contributed by atoms with Crippen LogP contribution in [-0.4, -0.2) is 40.2 Å². The molecule has 6 nitrogen and oxygen atoms in total. The molecular weight excluding hydrogens is 278 g/mol. The van der Waals surface area contributed by atoms with Crippen molar-refractivity contribution < 1.29 is 14.4 Å². The summed E-state index contributed by atoms with van der Waals surface area (Å²) in [4.78, 5) is 36.1. The van der Waals surface area contributed by atoms with Crippen molar-refractivity contribution in [3.63, 3.8) is 0 Å². The first-order valence-electron chi connectivity index (χ1n) is 7.05.